The Kier molecular flexibility index (Phi) is 6.12. The second-order valence-corrected chi connectivity index (χ2v) is 5.73. The summed E-state index contributed by atoms with van der Waals surface area (Å²) < 4.78 is 0. The molecule has 0 aromatic carbocycles. The van der Waals surface area contributed by atoms with Gasteiger partial charge in [0, 0.05) is 19.6 Å². The predicted molar refractivity (Wildman–Crippen MR) is 70.1 cm³/mol. The molecule has 3 N–H and O–H groups in total. The summed E-state index contributed by atoms with van der Waals surface area (Å²) in [6.07, 6.45) is 1.75. The fourth-order valence-corrected chi connectivity index (χ4v) is 2.76. The lowest BCUT2D eigenvalue weighted by Crippen LogP contribution is -2.26. The van der Waals surface area contributed by atoms with E-state index in [1.54, 1.807) is 0 Å². The van der Waals surface area contributed by atoms with Crippen molar-refractivity contribution in [2.24, 2.45) is 17.8 Å². The zero-order valence-electron chi connectivity index (χ0n) is 11.2. The average Bonchev–Trinajstić information content (AvgIpc) is 2.59. The molecule has 1 rings (SSSR count). The molecule has 0 aromatic heterocycles. The maximum absolute atomic E-state index is 11.2. The van der Waals surface area contributed by atoms with Crippen molar-refractivity contribution in [2.75, 3.05) is 19.6 Å². The first kappa shape index (κ1) is 15.5. The van der Waals surface area contributed by atoms with Gasteiger partial charge in [-0.3, -0.25) is 4.79 Å². The molecule has 1 saturated heterocycles. The lowest BCUT2D eigenvalue weighted by Gasteiger charge is -2.17. The van der Waals surface area contributed by atoms with Crippen LogP contribution < -0.4 is 0 Å². The predicted octanol–water partition coefficient (Wildman–Crippen LogP) is 0.528. The number of carboxylic acids is 1. The van der Waals surface area contributed by atoms with Crippen molar-refractivity contribution in [1.29, 1.82) is 0 Å². The minimum Gasteiger partial charge on any atom is -0.481 e. The van der Waals surface area contributed by atoms with Crippen molar-refractivity contribution in [2.45, 2.75) is 33.0 Å². The summed E-state index contributed by atoms with van der Waals surface area (Å²) in [6.45, 7) is 6.63. The lowest BCUT2D eigenvalue weighted by molar-refractivity contribution is -0.142. The summed E-state index contributed by atoms with van der Waals surface area (Å²) >= 11 is 0. The first-order chi connectivity index (χ1) is 8.40. The summed E-state index contributed by atoms with van der Waals surface area (Å²) in [7, 11) is -1.28. The van der Waals surface area contributed by atoms with Crippen LogP contribution in [0.4, 0.5) is 0 Å². The van der Waals surface area contributed by atoms with E-state index >= 15 is 0 Å². The number of likely N-dealkylation sites (tertiary alicyclic amines) is 1. The Morgan fingerprint density at radius 1 is 1.39 bits per heavy atom. The van der Waals surface area contributed by atoms with Crippen LogP contribution in [0, 0.1) is 17.8 Å². The molecule has 0 spiro atoms. The van der Waals surface area contributed by atoms with E-state index < -0.39 is 13.1 Å². The van der Waals surface area contributed by atoms with Crippen LogP contribution in [0.1, 0.15) is 26.7 Å². The number of rotatable bonds is 7. The van der Waals surface area contributed by atoms with Gasteiger partial charge in [-0.1, -0.05) is 20.3 Å². The molecule has 1 aliphatic rings. The van der Waals surface area contributed by atoms with Crippen LogP contribution in [0.5, 0.6) is 0 Å². The van der Waals surface area contributed by atoms with Crippen LogP contribution >= 0.6 is 0 Å². The fourth-order valence-electron chi connectivity index (χ4n) is 2.76. The molecule has 0 amide bonds. The lowest BCUT2D eigenvalue weighted by atomic mass is 9.80. The second-order valence-electron chi connectivity index (χ2n) is 5.73. The Hall–Kier alpha value is -0.585. The monoisotopic (exact) mass is 257 g/mol. The van der Waals surface area contributed by atoms with Gasteiger partial charge < -0.3 is 20.1 Å². The second kappa shape index (κ2) is 7.11. The van der Waals surface area contributed by atoms with Crippen molar-refractivity contribution in [3.05, 3.63) is 0 Å². The van der Waals surface area contributed by atoms with Gasteiger partial charge in [0.25, 0.3) is 0 Å². The van der Waals surface area contributed by atoms with Gasteiger partial charge in [-0.25, -0.2) is 0 Å². The third kappa shape index (κ3) is 4.96. The molecule has 0 aliphatic carbocycles. The van der Waals surface area contributed by atoms with E-state index in [0.717, 1.165) is 19.5 Å². The third-order valence-electron chi connectivity index (χ3n) is 3.49. The standard InChI is InChI=1S/C12H24BNO4/c1-9(2)6-14-7-10(4-3-5-13(17)18)11(8-14)12(15)16/h9-11,17-18H,3-8H2,1-2H3,(H,15,16)/t10-,11+/m0/s1. The molecule has 2 atom stereocenters. The molecule has 0 aromatic rings. The molecule has 6 heteroatoms. The maximum atomic E-state index is 11.2. The zero-order valence-corrected chi connectivity index (χ0v) is 11.2. The molecule has 0 saturated carbocycles. The zero-order chi connectivity index (χ0) is 13.7. The third-order valence-corrected chi connectivity index (χ3v) is 3.49. The smallest absolute Gasteiger partial charge is 0.451 e. The number of hydrogen-bond donors (Lipinski definition) is 3. The Bertz CT molecular complexity index is 273. The van der Waals surface area contributed by atoms with Crippen molar-refractivity contribution in [3.8, 4) is 0 Å². The van der Waals surface area contributed by atoms with E-state index in [4.69, 9.17) is 10.0 Å². The van der Waals surface area contributed by atoms with Gasteiger partial charge in [0.2, 0.25) is 0 Å². The highest BCUT2D eigenvalue weighted by Gasteiger charge is 2.37. The van der Waals surface area contributed by atoms with Gasteiger partial charge in [0.15, 0.2) is 0 Å². The molecule has 5 nitrogen and oxygen atoms in total. The van der Waals surface area contributed by atoms with E-state index in [-0.39, 0.29) is 11.8 Å². The normalized spacial score (nSPS) is 24.7. The minimum atomic E-state index is -1.28. The molecule has 0 bridgehead atoms. The van der Waals surface area contributed by atoms with E-state index in [1.165, 1.54) is 0 Å². The minimum absolute atomic E-state index is 0.139. The molecule has 0 unspecified atom stereocenters. The van der Waals surface area contributed by atoms with Crippen molar-refractivity contribution >= 4 is 13.1 Å². The highest BCUT2D eigenvalue weighted by atomic mass is 16.4. The Labute approximate surface area is 109 Å². The molecular formula is C12H24BNO4. The van der Waals surface area contributed by atoms with Gasteiger partial charge in [0.05, 0.1) is 5.92 Å². The molecule has 1 fully saturated rings. The van der Waals surface area contributed by atoms with Crippen LogP contribution in [0.2, 0.25) is 6.32 Å². The van der Waals surface area contributed by atoms with Crippen LogP contribution in [-0.2, 0) is 4.79 Å². The molecule has 18 heavy (non-hydrogen) atoms. The summed E-state index contributed by atoms with van der Waals surface area (Å²) in [5.41, 5.74) is 0. The highest BCUT2D eigenvalue weighted by molar-refractivity contribution is 6.40. The Morgan fingerprint density at radius 3 is 2.56 bits per heavy atom. The molecule has 0 radical (unpaired) electrons. The number of hydrogen-bond acceptors (Lipinski definition) is 4. The van der Waals surface area contributed by atoms with E-state index in [0.29, 0.717) is 25.2 Å². The van der Waals surface area contributed by atoms with Gasteiger partial charge >= 0.3 is 13.1 Å². The molecule has 1 heterocycles. The molecular weight excluding hydrogens is 233 g/mol. The fraction of sp³-hybridized carbons (Fsp3) is 0.917. The quantitative estimate of drug-likeness (QED) is 0.579. The summed E-state index contributed by atoms with van der Waals surface area (Å²) in [5, 5.41) is 26.8. The first-order valence-electron chi connectivity index (χ1n) is 6.71. The summed E-state index contributed by atoms with van der Waals surface area (Å²) in [5.74, 6) is -0.354. The number of carbonyl (C=O) groups is 1. The van der Waals surface area contributed by atoms with Crippen molar-refractivity contribution in [3.63, 3.8) is 0 Å². The average molecular weight is 257 g/mol. The van der Waals surface area contributed by atoms with Crippen LogP contribution in [0.15, 0.2) is 0 Å². The first-order valence-corrected chi connectivity index (χ1v) is 6.71. The highest BCUT2D eigenvalue weighted by Crippen LogP contribution is 2.28. The van der Waals surface area contributed by atoms with Crippen LogP contribution in [0.3, 0.4) is 0 Å². The van der Waals surface area contributed by atoms with E-state index in [2.05, 4.69) is 18.7 Å². The van der Waals surface area contributed by atoms with E-state index in [9.17, 15) is 9.90 Å². The van der Waals surface area contributed by atoms with Crippen LogP contribution in [0.25, 0.3) is 0 Å². The molecule has 104 valence electrons. The van der Waals surface area contributed by atoms with Crippen molar-refractivity contribution < 1.29 is 19.9 Å². The van der Waals surface area contributed by atoms with Gasteiger partial charge in [-0.05, 0) is 24.6 Å². The number of nitrogens with zero attached hydrogens (tertiary/aromatic N) is 1. The number of carboxylic acid groups (broad SMARTS) is 1. The SMILES string of the molecule is CC(C)CN1C[C@H](CCCB(O)O)[C@H](C(=O)O)C1. The van der Waals surface area contributed by atoms with Gasteiger partial charge in [-0.2, -0.15) is 0 Å². The van der Waals surface area contributed by atoms with Gasteiger partial charge in [0.1, 0.15) is 0 Å². The Morgan fingerprint density at radius 2 is 2.06 bits per heavy atom. The van der Waals surface area contributed by atoms with Gasteiger partial charge in [-0.15, -0.1) is 0 Å². The summed E-state index contributed by atoms with van der Waals surface area (Å²) in [6, 6.07) is 0. The largest absolute Gasteiger partial charge is 0.481 e. The number of aliphatic carboxylic acids is 1. The van der Waals surface area contributed by atoms with Crippen LogP contribution in [-0.4, -0.2) is 52.8 Å². The van der Waals surface area contributed by atoms with E-state index in [1.807, 2.05) is 0 Å². The topological polar surface area (TPSA) is 81.0 Å². The summed E-state index contributed by atoms with van der Waals surface area (Å²) in [4.78, 5) is 13.4. The Balaban J connectivity index is 2.45. The maximum Gasteiger partial charge on any atom is 0.451 e. The molecule has 1 aliphatic heterocycles. The van der Waals surface area contributed by atoms with Crippen molar-refractivity contribution in [1.82, 2.24) is 4.90 Å².